The van der Waals surface area contributed by atoms with Crippen LogP contribution >= 0.6 is 0 Å². The van der Waals surface area contributed by atoms with Crippen molar-refractivity contribution in [2.45, 2.75) is 18.9 Å². The number of hydrogen-bond donors (Lipinski definition) is 6. The van der Waals surface area contributed by atoms with Crippen LogP contribution in [0.15, 0.2) is 0 Å². The van der Waals surface area contributed by atoms with Gasteiger partial charge in [0.05, 0.1) is 6.54 Å². The third kappa shape index (κ3) is 16.6. The molecule has 106 valence electrons. The maximum Gasteiger partial charge on any atom is 0.320 e. The standard InChI is InChI=1S/C6H13N3O3.C3H7NO2/c7-4(5(10)11)2-1-3-9-6(8)12;1-4-2-3(5)6/h4H,1-3,7H2,(H,10,11)(H3,8,9,12);4H,2H2,1H3,(H,5,6). The highest BCUT2D eigenvalue weighted by molar-refractivity contribution is 5.73. The average molecular weight is 264 g/mol. The molecule has 18 heavy (non-hydrogen) atoms. The molecule has 0 saturated heterocycles. The summed E-state index contributed by atoms with van der Waals surface area (Å²) >= 11 is 0. The fraction of sp³-hybridized carbons (Fsp3) is 0.667. The van der Waals surface area contributed by atoms with Crippen molar-refractivity contribution in [3.05, 3.63) is 0 Å². The molecule has 0 heterocycles. The third-order valence-electron chi connectivity index (χ3n) is 1.64. The van der Waals surface area contributed by atoms with Crippen LogP contribution in [0, 0.1) is 0 Å². The molecule has 0 spiro atoms. The van der Waals surface area contributed by atoms with Crippen LogP contribution in [0.2, 0.25) is 0 Å². The summed E-state index contributed by atoms with van der Waals surface area (Å²) in [7, 11) is 1.59. The van der Waals surface area contributed by atoms with Crippen LogP contribution in [0.3, 0.4) is 0 Å². The lowest BCUT2D eigenvalue weighted by Gasteiger charge is -2.05. The molecule has 0 aliphatic rings. The highest BCUT2D eigenvalue weighted by Crippen LogP contribution is 1.92. The van der Waals surface area contributed by atoms with Crippen molar-refractivity contribution in [1.82, 2.24) is 10.6 Å². The first-order valence-corrected chi connectivity index (χ1v) is 5.19. The van der Waals surface area contributed by atoms with Crippen LogP contribution in [-0.2, 0) is 9.59 Å². The molecule has 0 rings (SSSR count). The Morgan fingerprint density at radius 3 is 2.11 bits per heavy atom. The molecule has 1 atom stereocenters. The molecule has 2 amide bonds. The lowest BCUT2D eigenvalue weighted by atomic mass is 10.2. The minimum atomic E-state index is -1.03. The van der Waals surface area contributed by atoms with Gasteiger partial charge in [0.15, 0.2) is 0 Å². The molecule has 0 fully saturated rings. The van der Waals surface area contributed by atoms with E-state index in [1.54, 1.807) is 7.05 Å². The molecule has 0 saturated carbocycles. The van der Waals surface area contributed by atoms with Crippen LogP contribution in [-0.4, -0.2) is 54.4 Å². The van der Waals surface area contributed by atoms with Gasteiger partial charge in [-0.15, -0.1) is 0 Å². The van der Waals surface area contributed by atoms with E-state index in [1.165, 1.54) is 0 Å². The van der Waals surface area contributed by atoms with E-state index in [-0.39, 0.29) is 6.54 Å². The van der Waals surface area contributed by atoms with Crippen LogP contribution < -0.4 is 22.1 Å². The largest absolute Gasteiger partial charge is 0.480 e. The van der Waals surface area contributed by atoms with E-state index >= 15 is 0 Å². The first-order chi connectivity index (χ1) is 8.31. The number of carbonyl (C=O) groups excluding carboxylic acids is 1. The van der Waals surface area contributed by atoms with E-state index in [1.807, 2.05) is 0 Å². The van der Waals surface area contributed by atoms with Crippen molar-refractivity contribution in [2.24, 2.45) is 11.5 Å². The zero-order valence-corrected chi connectivity index (χ0v) is 10.2. The highest BCUT2D eigenvalue weighted by Gasteiger charge is 2.09. The summed E-state index contributed by atoms with van der Waals surface area (Å²) in [6.45, 7) is 0.399. The van der Waals surface area contributed by atoms with Crippen molar-refractivity contribution in [1.29, 1.82) is 0 Å². The number of carboxylic acids is 2. The zero-order valence-electron chi connectivity index (χ0n) is 10.2. The molecule has 0 bridgehead atoms. The first-order valence-electron chi connectivity index (χ1n) is 5.19. The Morgan fingerprint density at radius 2 is 1.83 bits per heavy atom. The Bertz CT molecular complexity index is 272. The number of urea groups is 1. The maximum atomic E-state index is 10.2. The predicted molar refractivity (Wildman–Crippen MR) is 64.0 cm³/mol. The van der Waals surface area contributed by atoms with E-state index in [9.17, 15) is 14.4 Å². The average Bonchev–Trinajstić information content (AvgIpc) is 2.24. The minimum absolute atomic E-state index is 0.0417. The fourth-order valence-corrected chi connectivity index (χ4v) is 0.808. The minimum Gasteiger partial charge on any atom is -0.480 e. The lowest BCUT2D eigenvalue weighted by Crippen LogP contribution is -2.33. The van der Waals surface area contributed by atoms with Crippen LogP contribution in [0.5, 0.6) is 0 Å². The van der Waals surface area contributed by atoms with Gasteiger partial charge < -0.3 is 32.3 Å². The van der Waals surface area contributed by atoms with Gasteiger partial charge in [0.1, 0.15) is 6.04 Å². The molecule has 9 nitrogen and oxygen atoms in total. The van der Waals surface area contributed by atoms with Crippen LogP contribution in [0.25, 0.3) is 0 Å². The van der Waals surface area contributed by atoms with Gasteiger partial charge in [0, 0.05) is 6.54 Å². The summed E-state index contributed by atoms with van der Waals surface area (Å²) in [6.07, 6.45) is 0.839. The van der Waals surface area contributed by atoms with Crippen molar-refractivity contribution >= 4 is 18.0 Å². The van der Waals surface area contributed by atoms with E-state index in [0.717, 1.165) is 0 Å². The number of carboxylic acid groups (broad SMARTS) is 2. The molecule has 0 aliphatic carbocycles. The smallest absolute Gasteiger partial charge is 0.320 e. The van der Waals surface area contributed by atoms with Crippen molar-refractivity contribution in [2.75, 3.05) is 20.1 Å². The van der Waals surface area contributed by atoms with Gasteiger partial charge in [-0.1, -0.05) is 0 Å². The second-order valence-corrected chi connectivity index (χ2v) is 3.30. The Balaban J connectivity index is 0. The quantitative estimate of drug-likeness (QED) is 0.293. The number of rotatable bonds is 7. The highest BCUT2D eigenvalue weighted by atomic mass is 16.4. The maximum absolute atomic E-state index is 10.2. The third-order valence-corrected chi connectivity index (χ3v) is 1.64. The predicted octanol–water partition coefficient (Wildman–Crippen LogP) is -1.86. The normalized spacial score (nSPS) is 10.8. The molecule has 8 N–H and O–H groups in total. The zero-order chi connectivity index (χ0) is 14.6. The SMILES string of the molecule is CNCC(=O)O.NC(=O)NCCCC(N)C(=O)O. The van der Waals surface area contributed by atoms with E-state index < -0.39 is 24.0 Å². The molecular formula is C9H20N4O5. The van der Waals surface area contributed by atoms with Crippen molar-refractivity contribution < 1.29 is 24.6 Å². The monoisotopic (exact) mass is 264 g/mol. The number of carbonyl (C=O) groups is 3. The summed E-state index contributed by atoms with van der Waals surface area (Å²) in [6, 6.07) is -1.47. The van der Waals surface area contributed by atoms with Crippen molar-refractivity contribution in [3.8, 4) is 0 Å². The van der Waals surface area contributed by atoms with E-state index in [2.05, 4.69) is 10.6 Å². The molecule has 1 unspecified atom stereocenters. The Morgan fingerprint density at radius 1 is 1.28 bits per heavy atom. The number of hydrogen-bond acceptors (Lipinski definition) is 5. The molecule has 9 heteroatoms. The van der Waals surface area contributed by atoms with Gasteiger partial charge in [-0.3, -0.25) is 9.59 Å². The Labute approximate surface area is 105 Å². The topological polar surface area (TPSA) is 168 Å². The molecule has 0 radical (unpaired) electrons. The summed E-state index contributed by atoms with van der Waals surface area (Å²) in [5.41, 5.74) is 9.96. The molecule has 0 aromatic carbocycles. The second-order valence-electron chi connectivity index (χ2n) is 3.30. The summed E-state index contributed by atoms with van der Waals surface area (Å²) in [4.78, 5) is 29.9. The summed E-state index contributed by atoms with van der Waals surface area (Å²) in [5.74, 6) is -1.86. The van der Waals surface area contributed by atoms with Gasteiger partial charge in [0.2, 0.25) is 0 Å². The number of nitrogens with one attached hydrogen (secondary N) is 2. The van der Waals surface area contributed by atoms with Gasteiger partial charge >= 0.3 is 18.0 Å². The van der Waals surface area contributed by atoms with Crippen LogP contribution in [0.1, 0.15) is 12.8 Å². The summed E-state index contributed by atoms with van der Waals surface area (Å²) < 4.78 is 0. The van der Waals surface area contributed by atoms with E-state index in [4.69, 9.17) is 21.7 Å². The van der Waals surface area contributed by atoms with Gasteiger partial charge in [-0.25, -0.2) is 4.79 Å². The van der Waals surface area contributed by atoms with Gasteiger partial charge in [0.25, 0.3) is 0 Å². The van der Waals surface area contributed by atoms with E-state index in [0.29, 0.717) is 19.4 Å². The van der Waals surface area contributed by atoms with Crippen LogP contribution in [0.4, 0.5) is 4.79 Å². The fourth-order valence-electron chi connectivity index (χ4n) is 0.808. The van der Waals surface area contributed by atoms with Crippen molar-refractivity contribution in [3.63, 3.8) is 0 Å². The lowest BCUT2D eigenvalue weighted by molar-refractivity contribution is -0.139. The summed E-state index contributed by atoms with van der Waals surface area (Å²) in [5, 5.41) is 21.0. The Hall–Kier alpha value is -1.87. The molecule has 0 aliphatic heterocycles. The molecular weight excluding hydrogens is 244 g/mol. The Kier molecular flexibility index (Phi) is 11.9. The van der Waals surface area contributed by atoms with Gasteiger partial charge in [-0.05, 0) is 19.9 Å². The number of aliphatic carboxylic acids is 2. The first kappa shape index (κ1) is 18.5. The number of likely N-dealkylation sites (N-methyl/N-ethyl adjacent to an activating group) is 1. The number of amides is 2. The number of nitrogens with two attached hydrogens (primary N) is 2. The molecule has 0 aromatic rings. The second kappa shape index (κ2) is 11.6. The molecule has 0 aromatic heterocycles. The number of primary amides is 1. The van der Waals surface area contributed by atoms with Gasteiger partial charge in [-0.2, -0.15) is 0 Å².